The third-order valence-electron chi connectivity index (χ3n) is 0.589. The molecule has 0 saturated heterocycles. The lowest BCUT2D eigenvalue weighted by atomic mass is 10.7. The number of hydrazine groups is 1. The summed E-state index contributed by atoms with van der Waals surface area (Å²) >= 11 is 0. The molecule has 0 aromatic rings. The van der Waals surface area contributed by atoms with Crippen LogP contribution in [0, 0.1) is 0 Å². The Morgan fingerprint density at radius 2 is 1.69 bits per heavy atom. The molecule has 0 saturated carbocycles. The van der Waals surface area contributed by atoms with Crippen molar-refractivity contribution in [3.8, 4) is 0 Å². The van der Waals surface area contributed by atoms with E-state index in [1.807, 2.05) is 5.43 Å². The summed E-state index contributed by atoms with van der Waals surface area (Å²) in [5, 5.41) is 7.12. The van der Waals surface area contributed by atoms with E-state index in [-0.39, 0.29) is 12.5 Å². The number of hydrogen-bond acceptors (Lipinski definition) is 4. The maximum atomic E-state index is 10.6. The number of nitrogens with two attached hydrogens (primary N) is 2. The Hall–Kier alpha value is -1.35. The number of carbonyl (C=O) groups excluding carboxylic acids is 1. The Morgan fingerprint density at radius 1 is 1.38 bits per heavy atom. The van der Waals surface area contributed by atoms with Crippen LogP contribution < -0.4 is 17.0 Å². The van der Waals surface area contributed by atoms with Gasteiger partial charge >= 0.3 is 12.1 Å². The van der Waals surface area contributed by atoms with Crippen molar-refractivity contribution < 1.29 is 27.9 Å². The van der Waals surface area contributed by atoms with E-state index in [0.717, 1.165) is 0 Å². The molecule has 0 aliphatic carbocycles. The van der Waals surface area contributed by atoms with Gasteiger partial charge in [-0.1, -0.05) is 0 Å². The molecule has 1 amide bonds. The highest BCUT2D eigenvalue weighted by Gasteiger charge is 2.38. The summed E-state index contributed by atoms with van der Waals surface area (Å²) in [4.78, 5) is 18.7. The lowest BCUT2D eigenvalue weighted by molar-refractivity contribution is -0.192. The van der Waals surface area contributed by atoms with Gasteiger partial charge in [-0.25, -0.2) is 10.6 Å². The predicted octanol–water partition coefficient (Wildman–Crippen LogP) is -1.43. The van der Waals surface area contributed by atoms with Crippen LogP contribution in [-0.4, -0.2) is 29.7 Å². The first kappa shape index (κ1) is 14.2. The molecule has 0 aromatic carbocycles. The molecule has 0 unspecified atom stereocenters. The fourth-order valence-electron chi connectivity index (χ4n) is 0.0589. The number of alkyl halides is 3. The molecule has 78 valence electrons. The third kappa shape index (κ3) is 10.7. The fraction of sp³-hybridized carbons (Fsp3) is 0.500. The molecule has 6 N–H and O–H groups in total. The summed E-state index contributed by atoms with van der Waals surface area (Å²) in [6.07, 6.45) is -5.08. The fourth-order valence-corrected chi connectivity index (χ4v) is 0.0589. The second-order valence-corrected chi connectivity index (χ2v) is 1.57. The van der Waals surface area contributed by atoms with Crippen molar-refractivity contribution >= 4 is 11.9 Å². The minimum atomic E-state index is -5.08. The first-order chi connectivity index (χ1) is 5.75. The van der Waals surface area contributed by atoms with E-state index in [1.54, 1.807) is 0 Å². The number of carboxylic acid groups (broad SMARTS) is 1. The quantitative estimate of drug-likeness (QED) is 0.236. The molecular weight excluding hydrogens is 195 g/mol. The molecule has 0 aliphatic rings. The summed E-state index contributed by atoms with van der Waals surface area (Å²) in [5.74, 6) is 1.49. The molecule has 0 radical (unpaired) electrons. The summed E-state index contributed by atoms with van der Waals surface area (Å²) in [7, 11) is 0. The number of aliphatic carboxylic acids is 1. The zero-order valence-electron chi connectivity index (χ0n) is 6.26. The third-order valence-corrected chi connectivity index (χ3v) is 0.589. The van der Waals surface area contributed by atoms with Gasteiger partial charge in [-0.15, -0.1) is 0 Å². The van der Waals surface area contributed by atoms with Gasteiger partial charge in [0, 0.05) is 0 Å². The van der Waals surface area contributed by atoms with Crippen LogP contribution in [0.4, 0.5) is 13.2 Å². The van der Waals surface area contributed by atoms with Crippen LogP contribution in [0.25, 0.3) is 0 Å². The van der Waals surface area contributed by atoms with Gasteiger partial charge < -0.3 is 10.8 Å². The van der Waals surface area contributed by atoms with Crippen LogP contribution in [0.3, 0.4) is 0 Å². The highest BCUT2D eigenvalue weighted by atomic mass is 19.4. The summed E-state index contributed by atoms with van der Waals surface area (Å²) < 4.78 is 31.7. The molecule has 0 aliphatic heterocycles. The van der Waals surface area contributed by atoms with E-state index >= 15 is 0 Å². The Bertz CT molecular complexity index is 175. The number of halogens is 3. The van der Waals surface area contributed by atoms with Crippen LogP contribution in [0.5, 0.6) is 0 Å². The van der Waals surface area contributed by atoms with E-state index in [2.05, 4.69) is 5.84 Å². The van der Waals surface area contributed by atoms with E-state index in [1.165, 1.54) is 0 Å². The van der Waals surface area contributed by atoms with Crippen molar-refractivity contribution in [2.24, 2.45) is 11.6 Å². The zero-order valence-corrected chi connectivity index (χ0v) is 6.26. The van der Waals surface area contributed by atoms with E-state index in [4.69, 9.17) is 15.6 Å². The highest BCUT2D eigenvalue weighted by Crippen LogP contribution is 2.13. The SMILES string of the molecule is NCC(=O)NN.O=C(O)C(F)(F)F. The topological polar surface area (TPSA) is 118 Å². The first-order valence-corrected chi connectivity index (χ1v) is 2.75. The lowest BCUT2D eigenvalue weighted by Gasteiger charge is -1.93. The van der Waals surface area contributed by atoms with Crippen LogP contribution in [0.2, 0.25) is 0 Å². The van der Waals surface area contributed by atoms with Gasteiger partial charge in [0.05, 0.1) is 6.54 Å². The van der Waals surface area contributed by atoms with Crippen LogP contribution >= 0.6 is 0 Å². The summed E-state index contributed by atoms with van der Waals surface area (Å²) in [6, 6.07) is 0. The van der Waals surface area contributed by atoms with Crippen LogP contribution in [-0.2, 0) is 9.59 Å². The number of rotatable bonds is 1. The van der Waals surface area contributed by atoms with Crippen molar-refractivity contribution in [1.82, 2.24) is 5.43 Å². The first-order valence-electron chi connectivity index (χ1n) is 2.75. The number of carbonyl (C=O) groups is 2. The molecular formula is C4H8F3N3O3. The number of amides is 1. The molecule has 13 heavy (non-hydrogen) atoms. The molecule has 6 nitrogen and oxygen atoms in total. The average Bonchev–Trinajstić information content (AvgIpc) is 2.02. The molecule has 0 atom stereocenters. The lowest BCUT2D eigenvalue weighted by Crippen LogP contribution is -2.35. The Kier molecular flexibility index (Phi) is 6.76. The van der Waals surface area contributed by atoms with Gasteiger partial charge in [0.1, 0.15) is 0 Å². The minimum Gasteiger partial charge on any atom is -0.475 e. The molecule has 0 fully saturated rings. The van der Waals surface area contributed by atoms with Crippen molar-refractivity contribution in [3.63, 3.8) is 0 Å². The molecule has 0 rings (SSSR count). The number of carboxylic acids is 1. The normalized spacial score (nSPS) is 9.62. The van der Waals surface area contributed by atoms with Crippen molar-refractivity contribution in [3.05, 3.63) is 0 Å². The Morgan fingerprint density at radius 3 is 1.69 bits per heavy atom. The van der Waals surface area contributed by atoms with Crippen molar-refractivity contribution in [2.45, 2.75) is 6.18 Å². The van der Waals surface area contributed by atoms with E-state index < -0.39 is 12.1 Å². The van der Waals surface area contributed by atoms with Gasteiger partial charge in [-0.2, -0.15) is 13.2 Å². The van der Waals surface area contributed by atoms with E-state index in [0.29, 0.717) is 0 Å². The van der Waals surface area contributed by atoms with Gasteiger partial charge in [-0.3, -0.25) is 10.2 Å². The monoisotopic (exact) mass is 203 g/mol. The van der Waals surface area contributed by atoms with Gasteiger partial charge in [0.2, 0.25) is 5.91 Å². The Balaban J connectivity index is 0. The zero-order chi connectivity index (χ0) is 11.1. The van der Waals surface area contributed by atoms with Gasteiger partial charge in [-0.05, 0) is 0 Å². The predicted molar refractivity (Wildman–Crippen MR) is 35.1 cm³/mol. The van der Waals surface area contributed by atoms with Crippen molar-refractivity contribution in [1.29, 1.82) is 0 Å². The van der Waals surface area contributed by atoms with Gasteiger partial charge in [0.25, 0.3) is 0 Å². The number of hydrogen-bond donors (Lipinski definition) is 4. The highest BCUT2D eigenvalue weighted by molar-refractivity contribution is 5.76. The van der Waals surface area contributed by atoms with Crippen LogP contribution in [0.15, 0.2) is 0 Å². The maximum Gasteiger partial charge on any atom is 0.490 e. The maximum absolute atomic E-state index is 10.6. The Labute approximate surface area is 70.7 Å². The van der Waals surface area contributed by atoms with Gasteiger partial charge in [0.15, 0.2) is 0 Å². The van der Waals surface area contributed by atoms with E-state index in [9.17, 15) is 18.0 Å². The summed E-state index contributed by atoms with van der Waals surface area (Å²) in [6.45, 7) is -0.0451. The average molecular weight is 203 g/mol. The van der Waals surface area contributed by atoms with Crippen molar-refractivity contribution in [2.75, 3.05) is 6.54 Å². The molecule has 0 bridgehead atoms. The smallest absolute Gasteiger partial charge is 0.475 e. The number of nitrogens with one attached hydrogen (secondary N) is 1. The standard InChI is InChI=1S/C2HF3O2.C2H7N3O/c3-2(4,5)1(6)7;3-1-2(6)5-4/h(H,6,7);1,3-4H2,(H,5,6). The second-order valence-electron chi connectivity index (χ2n) is 1.57. The molecule has 0 spiro atoms. The molecule has 0 heterocycles. The second kappa shape index (κ2) is 6.20. The molecule has 9 heteroatoms. The van der Waals surface area contributed by atoms with Crippen LogP contribution in [0.1, 0.15) is 0 Å². The molecule has 0 aromatic heterocycles. The minimum absolute atomic E-state index is 0.0451. The largest absolute Gasteiger partial charge is 0.490 e. The summed E-state index contributed by atoms with van der Waals surface area (Å²) in [5.41, 5.74) is 6.64.